The Morgan fingerprint density at radius 1 is 1.86 bits per heavy atom. The fourth-order valence-electron chi connectivity index (χ4n) is 0.287. The fraction of sp³-hybridized carbons (Fsp3) is 0.400. The van der Waals surface area contributed by atoms with Crippen molar-refractivity contribution in [2.45, 2.75) is 6.92 Å². The number of hydrogen-bond acceptors (Lipinski definition) is 2. The van der Waals surface area contributed by atoms with Crippen molar-refractivity contribution in [1.29, 1.82) is 0 Å². The van der Waals surface area contributed by atoms with Gasteiger partial charge < -0.3 is 0 Å². The predicted octanol–water partition coefficient (Wildman–Crippen LogP) is 1.07. The maximum absolute atomic E-state index is 3.59. The molecule has 0 fully saturated rings. The molecule has 0 aliphatic rings. The van der Waals surface area contributed by atoms with E-state index in [9.17, 15) is 0 Å². The van der Waals surface area contributed by atoms with Gasteiger partial charge in [-0.2, -0.15) is 5.10 Å². The second-order valence-electron chi connectivity index (χ2n) is 1.08. The van der Waals surface area contributed by atoms with Crippen LogP contribution in [0.15, 0.2) is 17.9 Å². The molecule has 0 spiro atoms. The molecule has 0 aromatic rings. The smallest absolute Gasteiger partial charge is 0.0380 e. The minimum atomic E-state index is 0.840. The molecule has 7 heavy (non-hydrogen) atoms. The molecule has 2 nitrogen and oxygen atoms in total. The molecule has 0 unspecified atom stereocenters. The topological polar surface area (TPSA) is 15.6 Å². The van der Waals surface area contributed by atoms with E-state index in [1.807, 2.05) is 6.92 Å². The zero-order valence-corrected chi connectivity index (χ0v) is 4.59. The molecule has 0 N–H and O–H groups in total. The third kappa shape index (κ3) is 1.98. The molecule has 0 aliphatic heterocycles. The maximum atomic E-state index is 3.59. The van der Waals surface area contributed by atoms with Crippen molar-refractivity contribution in [3.05, 3.63) is 12.8 Å². The second kappa shape index (κ2) is 3.40. The van der Waals surface area contributed by atoms with Crippen molar-refractivity contribution >= 4 is 6.72 Å². The summed E-state index contributed by atoms with van der Waals surface area (Å²) in [7, 11) is 0. The first-order valence-corrected chi connectivity index (χ1v) is 2.21. The van der Waals surface area contributed by atoms with Crippen LogP contribution in [0.25, 0.3) is 0 Å². The Morgan fingerprint density at radius 2 is 2.43 bits per heavy atom. The lowest BCUT2D eigenvalue weighted by Crippen LogP contribution is -2.05. The van der Waals surface area contributed by atoms with E-state index in [0.717, 1.165) is 6.54 Å². The first-order valence-electron chi connectivity index (χ1n) is 2.21. The maximum Gasteiger partial charge on any atom is 0.0380 e. The summed E-state index contributed by atoms with van der Waals surface area (Å²) in [5, 5.41) is 5.24. The van der Waals surface area contributed by atoms with E-state index >= 15 is 0 Å². The van der Waals surface area contributed by atoms with Crippen LogP contribution >= 0.6 is 0 Å². The average Bonchev–Trinajstić information content (AvgIpc) is 1.72. The van der Waals surface area contributed by atoms with E-state index in [4.69, 9.17) is 0 Å². The van der Waals surface area contributed by atoms with Crippen molar-refractivity contribution in [2.75, 3.05) is 6.54 Å². The van der Waals surface area contributed by atoms with Crippen LogP contribution in [-0.4, -0.2) is 18.3 Å². The summed E-state index contributed by atoms with van der Waals surface area (Å²) in [5.74, 6) is 0. The van der Waals surface area contributed by atoms with Gasteiger partial charge in [0.15, 0.2) is 0 Å². The molecule has 0 saturated heterocycles. The van der Waals surface area contributed by atoms with E-state index in [2.05, 4.69) is 18.4 Å². The van der Waals surface area contributed by atoms with Gasteiger partial charge in [-0.15, -0.1) is 0 Å². The van der Waals surface area contributed by atoms with Crippen LogP contribution in [-0.2, 0) is 0 Å². The van der Waals surface area contributed by atoms with Gasteiger partial charge in [-0.1, -0.05) is 6.58 Å². The van der Waals surface area contributed by atoms with Gasteiger partial charge in [0.2, 0.25) is 0 Å². The van der Waals surface area contributed by atoms with Crippen LogP contribution < -0.4 is 0 Å². The summed E-state index contributed by atoms with van der Waals surface area (Å²) < 4.78 is 0. The predicted molar refractivity (Wildman–Crippen MR) is 32.1 cm³/mol. The van der Waals surface area contributed by atoms with Gasteiger partial charge in [0.05, 0.1) is 0 Å². The Labute approximate surface area is 44.1 Å². The summed E-state index contributed by atoms with van der Waals surface area (Å²) in [6.07, 6.45) is 1.63. The molecule has 0 aromatic carbocycles. The van der Waals surface area contributed by atoms with Crippen molar-refractivity contribution in [1.82, 2.24) is 5.01 Å². The Kier molecular flexibility index (Phi) is 3.02. The van der Waals surface area contributed by atoms with E-state index < -0.39 is 0 Å². The van der Waals surface area contributed by atoms with Gasteiger partial charge in [0.1, 0.15) is 0 Å². The van der Waals surface area contributed by atoms with Gasteiger partial charge in [-0.3, -0.25) is 5.01 Å². The van der Waals surface area contributed by atoms with Crippen LogP contribution in [0.4, 0.5) is 0 Å². The Morgan fingerprint density at radius 3 is 2.43 bits per heavy atom. The molecule has 40 valence electrons. The SMILES string of the molecule is C=CN(CC)N=C. The quantitative estimate of drug-likeness (QED) is 0.381. The van der Waals surface area contributed by atoms with E-state index in [1.165, 1.54) is 0 Å². The lowest BCUT2D eigenvalue weighted by molar-refractivity contribution is 0.427. The first kappa shape index (κ1) is 6.21. The molecule has 0 saturated carbocycles. The Hall–Kier alpha value is -0.790. The zero-order valence-electron chi connectivity index (χ0n) is 4.59. The number of hydrogen-bond donors (Lipinski definition) is 0. The Bertz CT molecular complexity index is 60.5. The first-order chi connectivity index (χ1) is 3.35. The summed E-state index contributed by atoms with van der Waals surface area (Å²) in [6.45, 7) is 9.62. The molecule has 0 amide bonds. The van der Waals surface area contributed by atoms with E-state index in [0.29, 0.717) is 0 Å². The van der Waals surface area contributed by atoms with Crippen LogP contribution in [0.1, 0.15) is 6.92 Å². The lowest BCUT2D eigenvalue weighted by Gasteiger charge is -2.06. The molecule has 0 aromatic heterocycles. The van der Waals surface area contributed by atoms with Gasteiger partial charge in [0, 0.05) is 19.5 Å². The number of nitrogens with zero attached hydrogens (tertiary/aromatic N) is 2. The highest BCUT2D eigenvalue weighted by Crippen LogP contribution is 1.83. The molecular weight excluding hydrogens is 88.1 g/mol. The van der Waals surface area contributed by atoms with Crippen molar-refractivity contribution < 1.29 is 0 Å². The lowest BCUT2D eigenvalue weighted by atomic mass is 10.7. The van der Waals surface area contributed by atoms with Crippen LogP contribution in [0.3, 0.4) is 0 Å². The van der Waals surface area contributed by atoms with Crippen molar-refractivity contribution in [3.8, 4) is 0 Å². The van der Waals surface area contributed by atoms with Gasteiger partial charge in [0.25, 0.3) is 0 Å². The monoisotopic (exact) mass is 98.1 g/mol. The van der Waals surface area contributed by atoms with E-state index in [1.54, 1.807) is 11.2 Å². The second-order valence-corrected chi connectivity index (χ2v) is 1.08. The highest BCUT2D eigenvalue weighted by Gasteiger charge is 1.80. The standard InChI is InChI=1S/C5H10N2/c1-4-7(5-2)6-3/h4H,1,3,5H2,2H3. The molecule has 2 heteroatoms. The molecule has 0 bridgehead atoms. The summed E-state index contributed by atoms with van der Waals surface area (Å²) >= 11 is 0. The zero-order chi connectivity index (χ0) is 5.70. The number of hydrazone groups is 1. The third-order valence-electron chi connectivity index (χ3n) is 0.716. The highest BCUT2D eigenvalue weighted by molar-refractivity contribution is 5.22. The molecule has 0 atom stereocenters. The average molecular weight is 98.1 g/mol. The molecule has 0 heterocycles. The van der Waals surface area contributed by atoms with Crippen LogP contribution in [0, 0.1) is 0 Å². The normalized spacial score (nSPS) is 7.57. The Balaban J connectivity index is 3.36. The molecule has 0 radical (unpaired) electrons. The molecular formula is C5H10N2. The van der Waals surface area contributed by atoms with Crippen molar-refractivity contribution in [2.24, 2.45) is 5.10 Å². The molecule has 0 aliphatic carbocycles. The summed E-state index contributed by atoms with van der Waals surface area (Å²) in [6, 6.07) is 0. The van der Waals surface area contributed by atoms with Crippen LogP contribution in [0.5, 0.6) is 0 Å². The fourth-order valence-corrected chi connectivity index (χ4v) is 0.287. The largest absolute Gasteiger partial charge is 0.274 e. The summed E-state index contributed by atoms with van der Waals surface area (Å²) in [4.78, 5) is 0. The highest BCUT2D eigenvalue weighted by atomic mass is 15.4. The minimum absolute atomic E-state index is 0.840. The molecule has 0 rings (SSSR count). The van der Waals surface area contributed by atoms with Crippen LogP contribution in [0.2, 0.25) is 0 Å². The third-order valence-corrected chi connectivity index (χ3v) is 0.716. The van der Waals surface area contributed by atoms with Gasteiger partial charge in [-0.05, 0) is 6.92 Å². The minimum Gasteiger partial charge on any atom is -0.274 e. The summed E-state index contributed by atoms with van der Waals surface area (Å²) in [5.41, 5.74) is 0. The number of rotatable bonds is 3. The van der Waals surface area contributed by atoms with Gasteiger partial charge >= 0.3 is 0 Å². The van der Waals surface area contributed by atoms with Crippen molar-refractivity contribution in [3.63, 3.8) is 0 Å². The van der Waals surface area contributed by atoms with E-state index in [-0.39, 0.29) is 0 Å². The van der Waals surface area contributed by atoms with Gasteiger partial charge in [-0.25, -0.2) is 0 Å².